The molecule has 4 nitrogen and oxygen atoms in total. The SMILES string of the molecule is Cn1ccnc1-c1cc(F)c(Br)c(N2CCOCC2)c1. The molecule has 3 rings (SSSR count). The lowest BCUT2D eigenvalue weighted by Gasteiger charge is -2.30. The maximum atomic E-state index is 14.2. The lowest BCUT2D eigenvalue weighted by Crippen LogP contribution is -2.36. The van der Waals surface area contributed by atoms with Crippen molar-refractivity contribution in [3.8, 4) is 11.4 Å². The van der Waals surface area contributed by atoms with E-state index in [-0.39, 0.29) is 5.82 Å². The fraction of sp³-hybridized carbons (Fsp3) is 0.357. The summed E-state index contributed by atoms with van der Waals surface area (Å²) in [6.45, 7) is 2.87. The summed E-state index contributed by atoms with van der Waals surface area (Å²) in [7, 11) is 1.90. The van der Waals surface area contributed by atoms with E-state index in [1.54, 1.807) is 6.20 Å². The maximum absolute atomic E-state index is 14.2. The fourth-order valence-electron chi connectivity index (χ4n) is 2.38. The predicted octanol–water partition coefficient (Wildman–Crippen LogP) is 2.83. The van der Waals surface area contributed by atoms with Crippen molar-refractivity contribution in [3.63, 3.8) is 0 Å². The summed E-state index contributed by atoms with van der Waals surface area (Å²) < 4.78 is 21.9. The molecule has 2 heterocycles. The van der Waals surface area contributed by atoms with E-state index in [2.05, 4.69) is 25.8 Å². The molecule has 0 radical (unpaired) electrons. The molecule has 6 heteroatoms. The highest BCUT2D eigenvalue weighted by Crippen LogP contribution is 2.34. The molecule has 1 aliphatic heterocycles. The molecule has 0 spiro atoms. The van der Waals surface area contributed by atoms with Gasteiger partial charge in [-0.15, -0.1) is 0 Å². The number of rotatable bonds is 2. The highest BCUT2D eigenvalue weighted by atomic mass is 79.9. The highest BCUT2D eigenvalue weighted by Gasteiger charge is 2.19. The van der Waals surface area contributed by atoms with Crippen LogP contribution in [0.4, 0.5) is 10.1 Å². The maximum Gasteiger partial charge on any atom is 0.140 e. The quantitative estimate of drug-likeness (QED) is 0.842. The fourth-order valence-corrected chi connectivity index (χ4v) is 2.86. The van der Waals surface area contributed by atoms with Crippen LogP contribution in [0, 0.1) is 5.82 Å². The molecule has 1 aliphatic rings. The van der Waals surface area contributed by atoms with Crippen LogP contribution < -0.4 is 4.90 Å². The van der Waals surface area contributed by atoms with Crippen LogP contribution in [-0.2, 0) is 11.8 Å². The van der Waals surface area contributed by atoms with Crippen LogP contribution in [-0.4, -0.2) is 35.9 Å². The first kappa shape index (κ1) is 13.6. The summed E-state index contributed by atoms with van der Waals surface area (Å²) in [6, 6.07) is 3.48. The van der Waals surface area contributed by atoms with Crippen LogP contribution >= 0.6 is 15.9 Å². The molecule has 0 aliphatic carbocycles. The van der Waals surface area contributed by atoms with Crippen molar-refractivity contribution in [1.82, 2.24) is 9.55 Å². The Hall–Kier alpha value is -1.40. The van der Waals surface area contributed by atoms with Crippen molar-refractivity contribution in [1.29, 1.82) is 0 Å². The first-order valence-corrected chi connectivity index (χ1v) is 7.25. The molecule has 20 heavy (non-hydrogen) atoms. The van der Waals surface area contributed by atoms with Crippen LogP contribution in [0.2, 0.25) is 0 Å². The van der Waals surface area contributed by atoms with E-state index in [1.807, 2.05) is 23.9 Å². The molecule has 0 N–H and O–H groups in total. The van der Waals surface area contributed by atoms with Crippen molar-refractivity contribution in [3.05, 3.63) is 34.8 Å². The van der Waals surface area contributed by atoms with Crippen LogP contribution in [0.5, 0.6) is 0 Å². The van der Waals surface area contributed by atoms with E-state index < -0.39 is 0 Å². The number of halogens is 2. The van der Waals surface area contributed by atoms with Gasteiger partial charge in [-0.25, -0.2) is 9.37 Å². The molecule has 106 valence electrons. The zero-order chi connectivity index (χ0) is 14.1. The van der Waals surface area contributed by atoms with Crippen molar-refractivity contribution >= 4 is 21.6 Å². The minimum absolute atomic E-state index is 0.271. The number of hydrogen-bond donors (Lipinski definition) is 0. The molecular formula is C14H15BrFN3O. The van der Waals surface area contributed by atoms with E-state index in [0.29, 0.717) is 17.7 Å². The monoisotopic (exact) mass is 339 g/mol. The van der Waals surface area contributed by atoms with Crippen LogP contribution in [0.25, 0.3) is 11.4 Å². The summed E-state index contributed by atoms with van der Waals surface area (Å²) in [4.78, 5) is 6.41. The molecule has 0 bridgehead atoms. The summed E-state index contributed by atoms with van der Waals surface area (Å²) in [6.07, 6.45) is 3.56. The lowest BCUT2D eigenvalue weighted by molar-refractivity contribution is 0.122. The predicted molar refractivity (Wildman–Crippen MR) is 79.3 cm³/mol. The zero-order valence-electron chi connectivity index (χ0n) is 11.1. The number of hydrogen-bond acceptors (Lipinski definition) is 3. The second-order valence-electron chi connectivity index (χ2n) is 4.75. The largest absolute Gasteiger partial charge is 0.378 e. The minimum atomic E-state index is -0.271. The molecular weight excluding hydrogens is 325 g/mol. The van der Waals surface area contributed by atoms with E-state index in [4.69, 9.17) is 4.74 Å². The number of nitrogens with zero attached hydrogens (tertiary/aromatic N) is 3. The molecule has 0 atom stereocenters. The van der Waals surface area contributed by atoms with Gasteiger partial charge in [-0.3, -0.25) is 0 Å². The van der Waals surface area contributed by atoms with Gasteiger partial charge in [-0.05, 0) is 28.1 Å². The number of imidazole rings is 1. The number of aromatic nitrogens is 2. The van der Waals surface area contributed by atoms with Gasteiger partial charge < -0.3 is 14.2 Å². The van der Waals surface area contributed by atoms with Crippen LogP contribution in [0.15, 0.2) is 29.0 Å². The smallest absolute Gasteiger partial charge is 0.140 e. The Kier molecular flexibility index (Phi) is 3.76. The molecule has 0 saturated carbocycles. The van der Waals surface area contributed by atoms with E-state index in [9.17, 15) is 4.39 Å². The first-order valence-electron chi connectivity index (χ1n) is 6.46. The van der Waals surface area contributed by atoms with E-state index in [0.717, 1.165) is 30.2 Å². The Bertz CT molecular complexity index is 623. The second-order valence-corrected chi connectivity index (χ2v) is 5.55. The van der Waals surface area contributed by atoms with Gasteiger partial charge in [0.05, 0.1) is 23.4 Å². The van der Waals surface area contributed by atoms with Gasteiger partial charge in [-0.1, -0.05) is 0 Å². The number of benzene rings is 1. The third-order valence-corrected chi connectivity index (χ3v) is 4.23. The van der Waals surface area contributed by atoms with Gasteiger partial charge in [0, 0.05) is 38.1 Å². The standard InChI is InChI=1S/C14H15BrFN3O/c1-18-3-2-17-14(18)10-8-11(16)13(15)12(9-10)19-4-6-20-7-5-19/h2-3,8-9H,4-7H2,1H3. The zero-order valence-corrected chi connectivity index (χ0v) is 12.7. The lowest BCUT2D eigenvalue weighted by atomic mass is 10.1. The van der Waals surface area contributed by atoms with E-state index in [1.165, 1.54) is 6.07 Å². The van der Waals surface area contributed by atoms with Crippen molar-refractivity contribution < 1.29 is 9.13 Å². The summed E-state index contributed by atoms with van der Waals surface area (Å²) >= 11 is 3.35. The number of ether oxygens (including phenoxy) is 1. The van der Waals surface area contributed by atoms with Gasteiger partial charge in [0.25, 0.3) is 0 Å². The summed E-state index contributed by atoms with van der Waals surface area (Å²) in [5.74, 6) is 0.484. The third kappa shape index (κ3) is 2.45. The topological polar surface area (TPSA) is 30.3 Å². The molecule has 0 amide bonds. The Morgan fingerprint density at radius 1 is 1.30 bits per heavy atom. The van der Waals surface area contributed by atoms with E-state index >= 15 is 0 Å². The second kappa shape index (κ2) is 5.54. The third-order valence-electron chi connectivity index (χ3n) is 3.44. The number of anilines is 1. The Morgan fingerprint density at radius 3 is 2.70 bits per heavy atom. The van der Waals surface area contributed by atoms with Gasteiger partial charge in [0.1, 0.15) is 11.6 Å². The Morgan fingerprint density at radius 2 is 2.05 bits per heavy atom. The van der Waals surface area contributed by atoms with Crippen molar-refractivity contribution in [2.24, 2.45) is 7.05 Å². The number of morpholine rings is 1. The normalized spacial score (nSPS) is 15.7. The number of aryl methyl sites for hydroxylation is 1. The van der Waals surface area contributed by atoms with Gasteiger partial charge >= 0.3 is 0 Å². The average Bonchev–Trinajstić information content (AvgIpc) is 2.89. The highest BCUT2D eigenvalue weighted by molar-refractivity contribution is 9.10. The van der Waals surface area contributed by atoms with Crippen molar-refractivity contribution in [2.45, 2.75) is 0 Å². The molecule has 2 aromatic rings. The summed E-state index contributed by atoms with van der Waals surface area (Å²) in [5, 5.41) is 0. The first-order chi connectivity index (χ1) is 9.66. The van der Waals surface area contributed by atoms with Gasteiger partial charge in [0.2, 0.25) is 0 Å². The van der Waals surface area contributed by atoms with Gasteiger partial charge in [0.15, 0.2) is 0 Å². The Balaban J connectivity index is 2.05. The molecule has 1 saturated heterocycles. The van der Waals surface area contributed by atoms with Crippen LogP contribution in [0.3, 0.4) is 0 Å². The Labute approximate surface area is 125 Å². The van der Waals surface area contributed by atoms with Crippen LogP contribution in [0.1, 0.15) is 0 Å². The minimum Gasteiger partial charge on any atom is -0.378 e. The molecule has 0 unspecified atom stereocenters. The van der Waals surface area contributed by atoms with Gasteiger partial charge in [-0.2, -0.15) is 0 Å². The average molecular weight is 340 g/mol. The van der Waals surface area contributed by atoms with Crippen molar-refractivity contribution in [2.75, 3.05) is 31.2 Å². The molecule has 1 aromatic heterocycles. The molecule has 1 fully saturated rings. The molecule has 1 aromatic carbocycles. The summed E-state index contributed by atoms with van der Waals surface area (Å²) in [5.41, 5.74) is 1.63.